The first-order chi connectivity index (χ1) is 8.49. The maximum Gasteiger partial charge on any atom is 0.263 e. The number of rotatable bonds is 4. The molecule has 1 heterocycles. The molecule has 0 saturated carbocycles. The fourth-order valence-electron chi connectivity index (χ4n) is 1.49. The number of sulfonamides is 1. The average Bonchev–Trinajstić information content (AvgIpc) is 2.81. The smallest absolute Gasteiger partial charge is 0.263 e. The van der Waals surface area contributed by atoms with Crippen molar-refractivity contribution in [3.63, 3.8) is 0 Å². The number of hydrogen-bond acceptors (Lipinski definition) is 4. The van der Waals surface area contributed by atoms with Crippen molar-refractivity contribution >= 4 is 15.8 Å². The molecule has 6 heteroatoms. The van der Waals surface area contributed by atoms with Gasteiger partial charge >= 0.3 is 0 Å². The first-order valence-corrected chi connectivity index (χ1v) is 7.00. The Kier molecular flexibility index (Phi) is 3.38. The van der Waals surface area contributed by atoms with Gasteiger partial charge in [0.2, 0.25) is 0 Å². The average molecular weight is 266 g/mol. The lowest BCUT2D eigenvalue weighted by Crippen LogP contribution is -2.13. The molecule has 0 aliphatic heterocycles. The number of anilines is 1. The van der Waals surface area contributed by atoms with E-state index in [0.29, 0.717) is 5.92 Å². The minimum absolute atomic E-state index is 0.169. The Balaban J connectivity index is 2.25. The Morgan fingerprint density at radius 1 is 1.17 bits per heavy atom. The second-order valence-corrected chi connectivity index (χ2v) is 5.90. The number of benzene rings is 1. The standard InChI is InChI=1S/C12H14N2O3S/c1-9(2)10-3-5-11(6-4-10)18(15,16)14-12-7-8-17-13-12/h3-9H,1-2H3,(H,13,14). The van der Waals surface area contributed by atoms with Crippen LogP contribution < -0.4 is 4.72 Å². The molecule has 1 aromatic carbocycles. The van der Waals surface area contributed by atoms with Crippen LogP contribution in [0.25, 0.3) is 0 Å². The van der Waals surface area contributed by atoms with Gasteiger partial charge < -0.3 is 4.52 Å². The van der Waals surface area contributed by atoms with E-state index in [1.807, 2.05) is 12.1 Å². The largest absolute Gasteiger partial charge is 0.363 e. The first kappa shape index (κ1) is 12.6. The molecule has 5 nitrogen and oxygen atoms in total. The summed E-state index contributed by atoms with van der Waals surface area (Å²) in [5.74, 6) is 0.535. The lowest BCUT2D eigenvalue weighted by atomic mass is 10.0. The van der Waals surface area contributed by atoms with Crippen LogP contribution in [0.2, 0.25) is 0 Å². The van der Waals surface area contributed by atoms with Gasteiger partial charge in [-0.05, 0) is 23.6 Å². The summed E-state index contributed by atoms with van der Waals surface area (Å²) in [6, 6.07) is 8.22. The molecular weight excluding hydrogens is 252 g/mol. The number of aromatic nitrogens is 1. The van der Waals surface area contributed by atoms with Gasteiger partial charge in [-0.15, -0.1) is 0 Å². The molecule has 18 heavy (non-hydrogen) atoms. The van der Waals surface area contributed by atoms with Crippen molar-refractivity contribution in [3.8, 4) is 0 Å². The van der Waals surface area contributed by atoms with E-state index in [4.69, 9.17) is 0 Å². The van der Waals surface area contributed by atoms with Gasteiger partial charge in [0.05, 0.1) is 4.90 Å². The zero-order chi connectivity index (χ0) is 13.2. The fraction of sp³-hybridized carbons (Fsp3) is 0.250. The molecule has 0 bridgehead atoms. The van der Waals surface area contributed by atoms with Gasteiger partial charge in [0.1, 0.15) is 6.26 Å². The Bertz CT molecular complexity index is 601. The van der Waals surface area contributed by atoms with E-state index >= 15 is 0 Å². The molecule has 96 valence electrons. The van der Waals surface area contributed by atoms with Crippen molar-refractivity contribution < 1.29 is 12.9 Å². The number of nitrogens with zero attached hydrogens (tertiary/aromatic N) is 1. The third kappa shape index (κ3) is 2.70. The van der Waals surface area contributed by atoms with Crippen LogP contribution >= 0.6 is 0 Å². The van der Waals surface area contributed by atoms with E-state index in [1.165, 1.54) is 12.3 Å². The summed E-state index contributed by atoms with van der Waals surface area (Å²) in [6.45, 7) is 4.11. The molecule has 1 aromatic heterocycles. The van der Waals surface area contributed by atoms with Gasteiger partial charge in [-0.25, -0.2) is 8.42 Å². The highest BCUT2D eigenvalue weighted by molar-refractivity contribution is 7.92. The molecule has 0 atom stereocenters. The lowest BCUT2D eigenvalue weighted by Gasteiger charge is -2.08. The Morgan fingerprint density at radius 3 is 2.33 bits per heavy atom. The van der Waals surface area contributed by atoms with Gasteiger partial charge in [-0.2, -0.15) is 0 Å². The van der Waals surface area contributed by atoms with Gasteiger partial charge in [0, 0.05) is 6.07 Å². The normalized spacial score (nSPS) is 11.7. The first-order valence-electron chi connectivity index (χ1n) is 5.52. The van der Waals surface area contributed by atoms with Crippen LogP contribution in [-0.4, -0.2) is 13.6 Å². The maximum absolute atomic E-state index is 12.0. The zero-order valence-electron chi connectivity index (χ0n) is 10.1. The highest BCUT2D eigenvalue weighted by Gasteiger charge is 2.15. The number of hydrogen-bond donors (Lipinski definition) is 1. The molecule has 0 aliphatic rings. The predicted molar refractivity (Wildman–Crippen MR) is 67.8 cm³/mol. The highest BCUT2D eigenvalue weighted by atomic mass is 32.2. The zero-order valence-corrected chi connectivity index (χ0v) is 10.9. The molecule has 0 aliphatic carbocycles. The molecule has 0 unspecified atom stereocenters. The Labute approximate surface area is 106 Å². The fourth-order valence-corrected chi connectivity index (χ4v) is 2.49. The monoisotopic (exact) mass is 266 g/mol. The highest BCUT2D eigenvalue weighted by Crippen LogP contribution is 2.19. The van der Waals surface area contributed by atoms with Crippen LogP contribution in [0.1, 0.15) is 25.3 Å². The molecule has 0 amide bonds. The predicted octanol–water partition coefficient (Wildman–Crippen LogP) is 2.60. The van der Waals surface area contributed by atoms with Crippen molar-refractivity contribution in [2.24, 2.45) is 0 Å². The maximum atomic E-state index is 12.0. The second kappa shape index (κ2) is 4.81. The van der Waals surface area contributed by atoms with Crippen LogP contribution in [0.4, 0.5) is 5.82 Å². The lowest BCUT2D eigenvalue weighted by molar-refractivity contribution is 0.423. The summed E-state index contributed by atoms with van der Waals surface area (Å²) in [5.41, 5.74) is 1.09. The van der Waals surface area contributed by atoms with Crippen molar-refractivity contribution in [1.29, 1.82) is 0 Å². The quantitative estimate of drug-likeness (QED) is 0.923. The molecule has 0 spiro atoms. The number of nitrogens with one attached hydrogen (secondary N) is 1. The third-order valence-corrected chi connectivity index (χ3v) is 3.90. The topological polar surface area (TPSA) is 72.2 Å². The van der Waals surface area contributed by atoms with E-state index in [1.54, 1.807) is 12.1 Å². The molecule has 2 rings (SSSR count). The summed E-state index contributed by atoms with van der Waals surface area (Å²) in [6.07, 6.45) is 1.31. The molecule has 0 saturated heterocycles. The summed E-state index contributed by atoms with van der Waals surface area (Å²) >= 11 is 0. The van der Waals surface area contributed by atoms with Crippen LogP contribution in [-0.2, 0) is 10.0 Å². The molecule has 1 N–H and O–H groups in total. The minimum atomic E-state index is -3.60. The molecule has 2 aromatic rings. The van der Waals surface area contributed by atoms with Crippen molar-refractivity contribution in [1.82, 2.24) is 5.16 Å². The SMILES string of the molecule is CC(C)c1ccc(S(=O)(=O)Nc2ccon2)cc1. The molecule has 0 radical (unpaired) electrons. The van der Waals surface area contributed by atoms with E-state index in [-0.39, 0.29) is 10.7 Å². The van der Waals surface area contributed by atoms with Crippen LogP contribution in [0.3, 0.4) is 0 Å². The Morgan fingerprint density at radius 2 is 1.83 bits per heavy atom. The van der Waals surface area contributed by atoms with Crippen LogP contribution in [0, 0.1) is 0 Å². The van der Waals surface area contributed by atoms with Crippen molar-refractivity contribution in [2.75, 3.05) is 4.72 Å². The van der Waals surface area contributed by atoms with Crippen LogP contribution in [0.15, 0.2) is 46.0 Å². The van der Waals surface area contributed by atoms with Gasteiger partial charge in [0.25, 0.3) is 10.0 Å². The van der Waals surface area contributed by atoms with Gasteiger partial charge in [-0.3, -0.25) is 4.72 Å². The Hall–Kier alpha value is -1.82. The van der Waals surface area contributed by atoms with Crippen molar-refractivity contribution in [2.45, 2.75) is 24.7 Å². The second-order valence-electron chi connectivity index (χ2n) is 4.21. The third-order valence-electron chi connectivity index (χ3n) is 2.53. The van der Waals surface area contributed by atoms with Gasteiger partial charge in [0.15, 0.2) is 5.82 Å². The van der Waals surface area contributed by atoms with Crippen LogP contribution in [0.5, 0.6) is 0 Å². The summed E-state index contributed by atoms with van der Waals surface area (Å²) < 4.78 is 30.9. The van der Waals surface area contributed by atoms with E-state index in [2.05, 4.69) is 28.2 Å². The minimum Gasteiger partial charge on any atom is -0.363 e. The summed E-state index contributed by atoms with van der Waals surface area (Å²) in [7, 11) is -3.60. The van der Waals surface area contributed by atoms with E-state index < -0.39 is 10.0 Å². The van der Waals surface area contributed by atoms with E-state index in [0.717, 1.165) is 5.56 Å². The molecule has 0 fully saturated rings. The summed E-state index contributed by atoms with van der Waals surface area (Å²) in [4.78, 5) is 0.204. The summed E-state index contributed by atoms with van der Waals surface area (Å²) in [5, 5.41) is 3.51. The molecular formula is C12H14N2O3S. The van der Waals surface area contributed by atoms with Crippen molar-refractivity contribution in [3.05, 3.63) is 42.2 Å². The van der Waals surface area contributed by atoms with Gasteiger partial charge in [-0.1, -0.05) is 31.1 Å². The van der Waals surface area contributed by atoms with E-state index in [9.17, 15) is 8.42 Å².